The number of nitro benzene ring substituents is 1. The number of hydrogen-bond acceptors (Lipinski definition) is 6. The SMILES string of the molecule is O=[N+]([O-])c1ccc(CO)cc1N1CCOC(C2CCCO2)C1. The number of ether oxygens (including phenoxy) is 2. The Morgan fingerprint density at radius 1 is 1.32 bits per heavy atom. The monoisotopic (exact) mass is 308 g/mol. The molecule has 0 aliphatic carbocycles. The second-order valence-electron chi connectivity index (χ2n) is 5.65. The molecule has 2 aliphatic rings. The molecule has 1 aromatic carbocycles. The summed E-state index contributed by atoms with van der Waals surface area (Å²) in [6, 6.07) is 4.73. The number of aliphatic hydroxyl groups is 1. The summed E-state index contributed by atoms with van der Waals surface area (Å²) >= 11 is 0. The Balaban J connectivity index is 1.83. The van der Waals surface area contributed by atoms with Crippen LogP contribution in [-0.4, -0.2) is 48.5 Å². The first-order valence-corrected chi connectivity index (χ1v) is 7.55. The molecule has 22 heavy (non-hydrogen) atoms. The minimum atomic E-state index is -0.382. The zero-order chi connectivity index (χ0) is 15.5. The van der Waals surface area contributed by atoms with E-state index in [1.54, 1.807) is 12.1 Å². The molecule has 0 spiro atoms. The van der Waals surface area contributed by atoms with Gasteiger partial charge < -0.3 is 19.5 Å². The van der Waals surface area contributed by atoms with Crippen molar-refractivity contribution >= 4 is 11.4 Å². The molecule has 2 heterocycles. The maximum absolute atomic E-state index is 11.3. The van der Waals surface area contributed by atoms with Crippen LogP contribution in [0.3, 0.4) is 0 Å². The van der Waals surface area contributed by atoms with E-state index in [0.717, 1.165) is 19.4 Å². The fraction of sp³-hybridized carbons (Fsp3) is 0.600. The van der Waals surface area contributed by atoms with Crippen molar-refractivity contribution in [3.8, 4) is 0 Å². The van der Waals surface area contributed by atoms with Crippen LogP contribution >= 0.6 is 0 Å². The van der Waals surface area contributed by atoms with Crippen molar-refractivity contribution in [3.63, 3.8) is 0 Å². The first-order chi connectivity index (χ1) is 10.7. The first kappa shape index (κ1) is 15.2. The molecule has 2 saturated heterocycles. The molecule has 2 unspecified atom stereocenters. The smallest absolute Gasteiger partial charge is 0.292 e. The van der Waals surface area contributed by atoms with Crippen molar-refractivity contribution in [1.29, 1.82) is 0 Å². The Morgan fingerprint density at radius 2 is 2.14 bits per heavy atom. The Morgan fingerprint density at radius 3 is 2.82 bits per heavy atom. The van der Waals surface area contributed by atoms with Gasteiger partial charge in [0.1, 0.15) is 11.8 Å². The van der Waals surface area contributed by atoms with Gasteiger partial charge in [-0.3, -0.25) is 10.1 Å². The molecular weight excluding hydrogens is 288 g/mol. The molecule has 7 nitrogen and oxygen atoms in total. The highest BCUT2D eigenvalue weighted by atomic mass is 16.6. The van der Waals surface area contributed by atoms with Gasteiger partial charge in [-0.15, -0.1) is 0 Å². The van der Waals surface area contributed by atoms with Crippen LogP contribution in [0.1, 0.15) is 18.4 Å². The van der Waals surface area contributed by atoms with Gasteiger partial charge in [0.05, 0.1) is 24.2 Å². The number of anilines is 1. The van der Waals surface area contributed by atoms with Crippen molar-refractivity contribution in [1.82, 2.24) is 0 Å². The molecule has 120 valence electrons. The number of nitro groups is 1. The van der Waals surface area contributed by atoms with Gasteiger partial charge in [0.2, 0.25) is 0 Å². The molecule has 1 N–H and O–H groups in total. The summed E-state index contributed by atoms with van der Waals surface area (Å²) < 4.78 is 11.5. The zero-order valence-electron chi connectivity index (χ0n) is 12.3. The topological polar surface area (TPSA) is 85.1 Å². The lowest BCUT2D eigenvalue weighted by molar-refractivity contribution is -0.384. The molecule has 0 aromatic heterocycles. The highest BCUT2D eigenvalue weighted by Crippen LogP contribution is 2.32. The van der Waals surface area contributed by atoms with Crippen molar-refractivity contribution in [2.75, 3.05) is 31.2 Å². The fourth-order valence-corrected chi connectivity index (χ4v) is 3.09. The minimum absolute atomic E-state index is 0.0604. The third-order valence-corrected chi connectivity index (χ3v) is 4.23. The van der Waals surface area contributed by atoms with Gasteiger partial charge in [0.15, 0.2) is 0 Å². The van der Waals surface area contributed by atoms with Gasteiger partial charge in [0.25, 0.3) is 5.69 Å². The molecule has 7 heteroatoms. The Kier molecular flexibility index (Phi) is 4.56. The number of nitrogens with zero attached hydrogens (tertiary/aromatic N) is 2. The molecule has 0 radical (unpaired) electrons. The Bertz CT molecular complexity index is 545. The molecule has 0 bridgehead atoms. The molecule has 0 saturated carbocycles. The second kappa shape index (κ2) is 6.60. The van der Waals surface area contributed by atoms with Crippen LogP contribution < -0.4 is 4.90 Å². The summed E-state index contributed by atoms with van der Waals surface area (Å²) in [4.78, 5) is 12.8. The Labute approximate surface area is 128 Å². The largest absolute Gasteiger partial charge is 0.392 e. The third-order valence-electron chi connectivity index (χ3n) is 4.23. The summed E-state index contributed by atoms with van der Waals surface area (Å²) in [6.07, 6.45) is 2.01. The van der Waals surface area contributed by atoms with E-state index in [1.807, 2.05) is 4.90 Å². The predicted molar refractivity (Wildman–Crippen MR) is 79.9 cm³/mol. The highest BCUT2D eigenvalue weighted by Gasteiger charge is 2.33. The summed E-state index contributed by atoms with van der Waals surface area (Å²) in [5, 5.41) is 20.5. The standard InChI is InChI=1S/C15H20N2O5/c18-10-11-3-4-12(17(19)20)13(8-11)16-5-7-22-15(9-16)14-2-1-6-21-14/h3-4,8,14-15,18H,1-2,5-7,9-10H2. The van der Waals surface area contributed by atoms with Gasteiger partial charge in [-0.25, -0.2) is 0 Å². The summed E-state index contributed by atoms with van der Waals surface area (Å²) in [6.45, 7) is 2.31. The fourth-order valence-electron chi connectivity index (χ4n) is 3.09. The van der Waals surface area contributed by atoms with Crippen LogP contribution in [0.5, 0.6) is 0 Å². The molecule has 3 rings (SSSR count). The first-order valence-electron chi connectivity index (χ1n) is 7.55. The highest BCUT2D eigenvalue weighted by molar-refractivity contribution is 5.64. The van der Waals surface area contributed by atoms with Crippen LogP contribution in [0.15, 0.2) is 18.2 Å². The molecule has 2 aliphatic heterocycles. The summed E-state index contributed by atoms with van der Waals surface area (Å²) in [7, 11) is 0. The van der Waals surface area contributed by atoms with Crippen LogP contribution in [0.25, 0.3) is 0 Å². The van der Waals surface area contributed by atoms with E-state index in [2.05, 4.69) is 0 Å². The molecular formula is C15H20N2O5. The van der Waals surface area contributed by atoms with Crippen molar-refractivity contribution in [2.45, 2.75) is 31.7 Å². The van der Waals surface area contributed by atoms with Crippen molar-refractivity contribution < 1.29 is 19.5 Å². The third kappa shape index (κ3) is 3.06. The number of aliphatic hydroxyl groups excluding tert-OH is 1. The van der Waals surface area contributed by atoms with Crippen molar-refractivity contribution in [2.24, 2.45) is 0 Å². The quantitative estimate of drug-likeness (QED) is 0.670. The number of morpholine rings is 1. The lowest BCUT2D eigenvalue weighted by Gasteiger charge is -2.36. The van der Waals surface area contributed by atoms with E-state index >= 15 is 0 Å². The summed E-state index contributed by atoms with van der Waals surface area (Å²) in [5.74, 6) is 0. The van der Waals surface area contributed by atoms with Crippen LogP contribution in [0.4, 0.5) is 11.4 Å². The van der Waals surface area contributed by atoms with E-state index in [1.165, 1.54) is 6.07 Å². The number of benzene rings is 1. The maximum Gasteiger partial charge on any atom is 0.292 e. The van der Waals surface area contributed by atoms with Gasteiger partial charge in [0, 0.05) is 25.8 Å². The lowest BCUT2D eigenvalue weighted by Crippen LogP contribution is -2.47. The van der Waals surface area contributed by atoms with E-state index in [-0.39, 0.29) is 29.4 Å². The average Bonchev–Trinajstić information content (AvgIpc) is 3.09. The minimum Gasteiger partial charge on any atom is -0.392 e. The van der Waals surface area contributed by atoms with Crippen LogP contribution in [0.2, 0.25) is 0 Å². The normalized spacial score (nSPS) is 25.4. The van der Waals surface area contributed by atoms with E-state index < -0.39 is 0 Å². The second-order valence-corrected chi connectivity index (χ2v) is 5.65. The Hall–Kier alpha value is -1.70. The predicted octanol–water partition coefficient (Wildman–Crippen LogP) is 1.47. The molecule has 2 fully saturated rings. The average molecular weight is 308 g/mol. The summed E-state index contributed by atoms with van der Waals surface area (Å²) in [5.41, 5.74) is 1.27. The number of hydrogen-bond donors (Lipinski definition) is 1. The molecule has 0 amide bonds. The molecule has 2 atom stereocenters. The van der Waals surface area contributed by atoms with Gasteiger partial charge in [-0.05, 0) is 30.5 Å². The van der Waals surface area contributed by atoms with Gasteiger partial charge in [-0.2, -0.15) is 0 Å². The van der Waals surface area contributed by atoms with E-state index in [4.69, 9.17) is 9.47 Å². The van der Waals surface area contributed by atoms with E-state index in [0.29, 0.717) is 30.9 Å². The van der Waals surface area contributed by atoms with Crippen LogP contribution in [0, 0.1) is 10.1 Å². The maximum atomic E-state index is 11.3. The number of rotatable bonds is 4. The van der Waals surface area contributed by atoms with Gasteiger partial charge >= 0.3 is 0 Å². The van der Waals surface area contributed by atoms with Gasteiger partial charge in [-0.1, -0.05) is 0 Å². The molecule has 1 aromatic rings. The van der Waals surface area contributed by atoms with Crippen LogP contribution in [-0.2, 0) is 16.1 Å². The van der Waals surface area contributed by atoms with E-state index in [9.17, 15) is 15.2 Å². The zero-order valence-corrected chi connectivity index (χ0v) is 12.3. The van der Waals surface area contributed by atoms with Crippen molar-refractivity contribution in [3.05, 3.63) is 33.9 Å². The lowest BCUT2D eigenvalue weighted by atomic mass is 10.1.